The van der Waals surface area contributed by atoms with Crippen LogP contribution in [0.1, 0.15) is 11.6 Å². The summed E-state index contributed by atoms with van der Waals surface area (Å²) < 4.78 is 4.83. The molecule has 1 aromatic rings. The van der Waals surface area contributed by atoms with E-state index < -0.39 is 12.0 Å². The highest BCUT2D eigenvalue weighted by Gasteiger charge is 2.18. The number of phenols is 1. The molecule has 0 spiro atoms. The molecule has 1 aromatic carbocycles. The quantitative estimate of drug-likeness (QED) is 0.623. The Morgan fingerprint density at radius 1 is 1.56 bits per heavy atom. The van der Waals surface area contributed by atoms with Crippen LogP contribution in [-0.4, -0.2) is 36.4 Å². The van der Waals surface area contributed by atoms with Crippen LogP contribution in [0.4, 0.5) is 0 Å². The predicted molar refractivity (Wildman–Crippen MR) is 58.4 cm³/mol. The van der Waals surface area contributed by atoms with Crippen molar-refractivity contribution < 1.29 is 19.7 Å². The molecule has 3 N–H and O–H groups in total. The van der Waals surface area contributed by atoms with Crippen molar-refractivity contribution in [1.82, 2.24) is 5.32 Å². The van der Waals surface area contributed by atoms with Crippen LogP contribution in [0.25, 0.3) is 0 Å². The Hall–Kier alpha value is -1.59. The number of benzene rings is 1. The molecule has 88 valence electrons. The van der Waals surface area contributed by atoms with Crippen LogP contribution < -0.4 is 5.32 Å². The van der Waals surface area contributed by atoms with Gasteiger partial charge in [-0.3, -0.25) is 10.1 Å². The number of phenolic OH excluding ortho intramolecular Hbond substituents is 1. The van der Waals surface area contributed by atoms with Crippen molar-refractivity contribution in [3.63, 3.8) is 0 Å². The molecule has 0 aromatic heterocycles. The van der Waals surface area contributed by atoms with Crippen molar-refractivity contribution >= 4 is 5.97 Å². The van der Waals surface area contributed by atoms with Gasteiger partial charge in [0.2, 0.25) is 0 Å². The Balaban J connectivity index is 2.73. The molecule has 0 aliphatic carbocycles. The third-order valence-corrected chi connectivity index (χ3v) is 2.11. The van der Waals surface area contributed by atoms with Crippen LogP contribution in [0.5, 0.6) is 5.75 Å². The van der Waals surface area contributed by atoms with Crippen LogP contribution in [0.3, 0.4) is 0 Å². The first kappa shape index (κ1) is 12.5. The van der Waals surface area contributed by atoms with E-state index >= 15 is 0 Å². The molecule has 0 saturated carbocycles. The van der Waals surface area contributed by atoms with E-state index in [0.29, 0.717) is 18.7 Å². The van der Waals surface area contributed by atoms with Gasteiger partial charge in [0.15, 0.2) is 0 Å². The summed E-state index contributed by atoms with van der Waals surface area (Å²) in [5, 5.41) is 21.1. The molecule has 0 heterocycles. The number of rotatable bonds is 6. The predicted octanol–water partition coefficient (Wildman–Crippen LogP) is 0.754. The largest absolute Gasteiger partial charge is 0.508 e. The fourth-order valence-corrected chi connectivity index (χ4v) is 1.36. The fourth-order valence-electron chi connectivity index (χ4n) is 1.36. The van der Waals surface area contributed by atoms with E-state index in [4.69, 9.17) is 9.84 Å². The van der Waals surface area contributed by atoms with Crippen molar-refractivity contribution in [2.75, 3.05) is 20.3 Å². The Morgan fingerprint density at radius 3 is 2.88 bits per heavy atom. The zero-order chi connectivity index (χ0) is 12.0. The van der Waals surface area contributed by atoms with Gasteiger partial charge in [0.05, 0.1) is 6.61 Å². The minimum absolute atomic E-state index is 0.0530. The number of aromatic hydroxyl groups is 1. The first-order valence-electron chi connectivity index (χ1n) is 4.89. The molecule has 0 saturated heterocycles. The highest BCUT2D eigenvalue weighted by molar-refractivity contribution is 5.75. The number of carboxylic acid groups (broad SMARTS) is 1. The van der Waals surface area contributed by atoms with Crippen molar-refractivity contribution in [2.45, 2.75) is 6.04 Å². The van der Waals surface area contributed by atoms with Gasteiger partial charge < -0.3 is 14.9 Å². The van der Waals surface area contributed by atoms with E-state index in [-0.39, 0.29) is 5.75 Å². The molecule has 0 amide bonds. The number of hydrogen-bond acceptors (Lipinski definition) is 4. The standard InChI is InChI=1S/C11H15NO4/c1-16-6-5-12-10(11(14)15)8-3-2-4-9(13)7-8/h2-4,7,10,12-13H,5-6H2,1H3,(H,14,15). The lowest BCUT2D eigenvalue weighted by Crippen LogP contribution is -2.30. The minimum atomic E-state index is -0.985. The van der Waals surface area contributed by atoms with Gasteiger partial charge in [-0.05, 0) is 17.7 Å². The summed E-state index contributed by atoms with van der Waals surface area (Å²) in [4.78, 5) is 11.0. The number of nitrogens with one attached hydrogen (secondary N) is 1. The molecule has 0 aliphatic rings. The molecule has 5 heteroatoms. The highest BCUT2D eigenvalue weighted by atomic mass is 16.5. The maximum absolute atomic E-state index is 11.0. The monoisotopic (exact) mass is 225 g/mol. The summed E-state index contributed by atoms with van der Waals surface area (Å²) in [7, 11) is 1.55. The van der Waals surface area contributed by atoms with Crippen molar-refractivity contribution in [3.05, 3.63) is 29.8 Å². The Kier molecular flexibility index (Phi) is 4.75. The van der Waals surface area contributed by atoms with Gasteiger partial charge in [0, 0.05) is 13.7 Å². The second-order valence-electron chi connectivity index (χ2n) is 3.31. The second kappa shape index (κ2) is 6.09. The smallest absolute Gasteiger partial charge is 0.325 e. The zero-order valence-corrected chi connectivity index (χ0v) is 9.01. The van der Waals surface area contributed by atoms with E-state index in [1.807, 2.05) is 0 Å². The summed E-state index contributed by atoms with van der Waals surface area (Å²) in [6, 6.07) is 5.36. The Morgan fingerprint density at radius 2 is 2.31 bits per heavy atom. The van der Waals surface area contributed by atoms with Crippen LogP contribution in [0.15, 0.2) is 24.3 Å². The lowest BCUT2D eigenvalue weighted by atomic mass is 10.1. The van der Waals surface area contributed by atoms with Crippen LogP contribution in [-0.2, 0) is 9.53 Å². The normalized spacial score (nSPS) is 12.3. The summed E-state index contributed by atoms with van der Waals surface area (Å²) in [6.07, 6.45) is 0. The number of methoxy groups -OCH3 is 1. The lowest BCUT2D eigenvalue weighted by Gasteiger charge is -2.14. The summed E-state index contributed by atoms with van der Waals surface area (Å²) in [6.45, 7) is 0.867. The first-order chi connectivity index (χ1) is 7.65. The number of carboxylic acids is 1. The van der Waals surface area contributed by atoms with E-state index in [1.54, 1.807) is 19.2 Å². The molecule has 0 radical (unpaired) electrons. The van der Waals surface area contributed by atoms with Gasteiger partial charge in [0.1, 0.15) is 11.8 Å². The van der Waals surface area contributed by atoms with Gasteiger partial charge in [-0.15, -0.1) is 0 Å². The average Bonchev–Trinajstić information content (AvgIpc) is 2.24. The maximum Gasteiger partial charge on any atom is 0.325 e. The van der Waals surface area contributed by atoms with E-state index in [2.05, 4.69) is 5.32 Å². The second-order valence-corrected chi connectivity index (χ2v) is 3.31. The van der Waals surface area contributed by atoms with Crippen LogP contribution in [0.2, 0.25) is 0 Å². The van der Waals surface area contributed by atoms with E-state index in [9.17, 15) is 9.90 Å². The zero-order valence-electron chi connectivity index (χ0n) is 9.01. The van der Waals surface area contributed by atoms with E-state index in [0.717, 1.165) is 0 Å². The molecular weight excluding hydrogens is 210 g/mol. The minimum Gasteiger partial charge on any atom is -0.508 e. The average molecular weight is 225 g/mol. The maximum atomic E-state index is 11.0. The summed E-state index contributed by atoms with van der Waals surface area (Å²) in [5.74, 6) is -0.931. The summed E-state index contributed by atoms with van der Waals surface area (Å²) >= 11 is 0. The number of hydrogen-bond donors (Lipinski definition) is 3. The van der Waals surface area contributed by atoms with Gasteiger partial charge in [-0.2, -0.15) is 0 Å². The lowest BCUT2D eigenvalue weighted by molar-refractivity contribution is -0.139. The third kappa shape index (κ3) is 3.52. The first-order valence-corrected chi connectivity index (χ1v) is 4.89. The third-order valence-electron chi connectivity index (χ3n) is 2.11. The van der Waals surface area contributed by atoms with Crippen LogP contribution >= 0.6 is 0 Å². The van der Waals surface area contributed by atoms with E-state index in [1.165, 1.54) is 12.1 Å². The molecule has 0 bridgehead atoms. The Bertz CT molecular complexity index is 354. The van der Waals surface area contributed by atoms with Gasteiger partial charge in [-0.1, -0.05) is 12.1 Å². The van der Waals surface area contributed by atoms with Gasteiger partial charge in [-0.25, -0.2) is 0 Å². The molecule has 1 rings (SSSR count). The SMILES string of the molecule is COCCNC(C(=O)O)c1cccc(O)c1. The number of aliphatic carboxylic acids is 1. The molecule has 0 aliphatic heterocycles. The fraction of sp³-hybridized carbons (Fsp3) is 0.364. The van der Waals surface area contributed by atoms with Crippen molar-refractivity contribution in [1.29, 1.82) is 0 Å². The number of ether oxygens (including phenoxy) is 1. The molecule has 1 atom stereocenters. The topological polar surface area (TPSA) is 78.8 Å². The molecule has 16 heavy (non-hydrogen) atoms. The number of carbonyl (C=O) groups is 1. The molecule has 0 fully saturated rings. The van der Waals surface area contributed by atoms with Gasteiger partial charge in [0.25, 0.3) is 0 Å². The molecular formula is C11H15NO4. The molecule has 1 unspecified atom stereocenters. The van der Waals surface area contributed by atoms with Crippen molar-refractivity contribution in [2.24, 2.45) is 0 Å². The highest BCUT2D eigenvalue weighted by Crippen LogP contribution is 2.18. The molecule has 5 nitrogen and oxygen atoms in total. The van der Waals surface area contributed by atoms with Gasteiger partial charge >= 0.3 is 5.97 Å². The van der Waals surface area contributed by atoms with Crippen molar-refractivity contribution in [3.8, 4) is 5.75 Å². The summed E-state index contributed by atoms with van der Waals surface area (Å²) in [5.41, 5.74) is 0.517. The Labute approximate surface area is 93.7 Å². The van der Waals surface area contributed by atoms with Crippen LogP contribution in [0, 0.1) is 0 Å².